The SMILES string of the molecule is O=C(O)c1ccccc1O.[Zn+2]. The van der Waals surface area contributed by atoms with Crippen molar-refractivity contribution in [3.63, 3.8) is 0 Å². The molecule has 0 fully saturated rings. The Morgan fingerprint density at radius 1 is 1.27 bits per heavy atom. The summed E-state index contributed by atoms with van der Waals surface area (Å²) in [5, 5.41) is 17.3. The molecule has 0 aromatic heterocycles. The second-order valence-electron chi connectivity index (χ2n) is 1.82. The quantitative estimate of drug-likeness (QED) is 0.672. The van der Waals surface area contributed by atoms with Gasteiger partial charge in [-0.15, -0.1) is 0 Å². The van der Waals surface area contributed by atoms with Gasteiger partial charge in [-0.25, -0.2) is 4.79 Å². The Kier molecular flexibility index (Phi) is 3.76. The van der Waals surface area contributed by atoms with Crippen LogP contribution in [0.5, 0.6) is 5.75 Å². The average molecular weight is 204 g/mol. The number of rotatable bonds is 1. The number of para-hydroxylation sites is 1. The number of carboxylic acid groups (broad SMARTS) is 1. The van der Waals surface area contributed by atoms with Crippen LogP contribution >= 0.6 is 0 Å². The standard InChI is InChI=1S/C7H6O3.Zn/c8-6-4-2-1-3-5(6)7(9)10;/h1-4,8H,(H,9,10);/q;+2. The molecule has 1 rings (SSSR count). The maximum Gasteiger partial charge on any atom is 2.00 e. The molecular formula is C7H6O3Zn+2. The third kappa shape index (κ3) is 2.32. The minimum atomic E-state index is -1.11. The molecule has 0 unspecified atom stereocenters. The van der Waals surface area contributed by atoms with E-state index in [1.54, 1.807) is 12.1 Å². The van der Waals surface area contributed by atoms with Crippen LogP contribution in [0.25, 0.3) is 0 Å². The summed E-state index contributed by atoms with van der Waals surface area (Å²) in [6.45, 7) is 0. The molecule has 0 aliphatic rings. The van der Waals surface area contributed by atoms with E-state index in [0.717, 1.165) is 0 Å². The summed E-state index contributed by atoms with van der Waals surface area (Å²) < 4.78 is 0. The summed E-state index contributed by atoms with van der Waals surface area (Å²) in [6, 6.07) is 5.81. The smallest absolute Gasteiger partial charge is 0.507 e. The van der Waals surface area contributed by atoms with Crippen molar-refractivity contribution in [2.24, 2.45) is 0 Å². The zero-order valence-electron chi connectivity index (χ0n) is 5.82. The van der Waals surface area contributed by atoms with E-state index < -0.39 is 5.97 Å². The molecule has 1 aromatic rings. The number of benzene rings is 1. The van der Waals surface area contributed by atoms with Gasteiger partial charge in [-0.1, -0.05) is 12.1 Å². The van der Waals surface area contributed by atoms with Gasteiger partial charge in [-0.3, -0.25) is 0 Å². The molecule has 4 heteroatoms. The largest absolute Gasteiger partial charge is 2.00 e. The van der Waals surface area contributed by atoms with Gasteiger partial charge < -0.3 is 10.2 Å². The van der Waals surface area contributed by atoms with Gasteiger partial charge in [-0.05, 0) is 12.1 Å². The molecule has 0 saturated carbocycles. The first-order valence-corrected chi connectivity index (χ1v) is 2.73. The Bertz CT molecular complexity index is 260. The van der Waals surface area contributed by atoms with Gasteiger partial charge in [-0.2, -0.15) is 0 Å². The first kappa shape index (κ1) is 10.1. The van der Waals surface area contributed by atoms with Crippen molar-refractivity contribution in [3.8, 4) is 5.75 Å². The maximum atomic E-state index is 10.3. The fourth-order valence-corrected chi connectivity index (χ4v) is 0.654. The first-order valence-electron chi connectivity index (χ1n) is 2.73. The van der Waals surface area contributed by atoms with E-state index in [-0.39, 0.29) is 30.8 Å². The first-order chi connectivity index (χ1) is 4.72. The summed E-state index contributed by atoms with van der Waals surface area (Å²) in [4.78, 5) is 10.3. The Morgan fingerprint density at radius 3 is 2.18 bits per heavy atom. The molecule has 0 amide bonds. The van der Waals surface area contributed by atoms with E-state index in [4.69, 9.17) is 10.2 Å². The Morgan fingerprint density at radius 2 is 1.82 bits per heavy atom. The summed E-state index contributed by atoms with van der Waals surface area (Å²) in [5.41, 5.74) is -0.0671. The van der Waals surface area contributed by atoms with E-state index in [9.17, 15) is 4.79 Å². The summed E-state index contributed by atoms with van der Waals surface area (Å²) in [5.74, 6) is -1.31. The number of aromatic carboxylic acids is 1. The van der Waals surface area contributed by atoms with E-state index in [1.165, 1.54) is 12.1 Å². The fourth-order valence-electron chi connectivity index (χ4n) is 0.654. The van der Waals surface area contributed by atoms with Gasteiger partial charge in [0.05, 0.1) is 0 Å². The van der Waals surface area contributed by atoms with Crippen molar-refractivity contribution in [1.82, 2.24) is 0 Å². The second-order valence-corrected chi connectivity index (χ2v) is 1.82. The molecule has 0 spiro atoms. The van der Waals surface area contributed by atoms with E-state index >= 15 is 0 Å². The molecule has 0 aliphatic carbocycles. The fraction of sp³-hybridized carbons (Fsp3) is 0. The van der Waals surface area contributed by atoms with Gasteiger partial charge in [0.15, 0.2) is 0 Å². The molecular weight excluding hydrogens is 197 g/mol. The molecule has 0 aliphatic heterocycles. The van der Waals surface area contributed by atoms with E-state index in [1.807, 2.05) is 0 Å². The predicted octanol–water partition coefficient (Wildman–Crippen LogP) is 1.09. The number of carbonyl (C=O) groups is 1. The predicted molar refractivity (Wildman–Crippen MR) is 35.1 cm³/mol. The monoisotopic (exact) mass is 202 g/mol. The number of aromatic hydroxyl groups is 1. The zero-order chi connectivity index (χ0) is 7.56. The average Bonchev–Trinajstić information content (AvgIpc) is 1.88. The Balaban J connectivity index is 0.000001000. The van der Waals surface area contributed by atoms with Crippen molar-refractivity contribution in [3.05, 3.63) is 29.8 Å². The number of phenols is 1. The van der Waals surface area contributed by atoms with Crippen LogP contribution in [-0.2, 0) is 19.5 Å². The molecule has 0 radical (unpaired) electrons. The molecule has 0 heterocycles. The van der Waals surface area contributed by atoms with E-state index in [2.05, 4.69) is 0 Å². The van der Waals surface area contributed by atoms with Gasteiger partial charge in [0.1, 0.15) is 11.3 Å². The number of hydrogen-bond acceptors (Lipinski definition) is 2. The van der Waals surface area contributed by atoms with Crippen LogP contribution in [0.4, 0.5) is 0 Å². The normalized spacial score (nSPS) is 8.36. The van der Waals surface area contributed by atoms with Crippen molar-refractivity contribution >= 4 is 5.97 Å². The number of hydrogen-bond donors (Lipinski definition) is 2. The minimum Gasteiger partial charge on any atom is -0.507 e. The van der Waals surface area contributed by atoms with Crippen LogP contribution in [0, 0.1) is 0 Å². The molecule has 3 nitrogen and oxygen atoms in total. The van der Waals surface area contributed by atoms with Gasteiger partial charge in [0.25, 0.3) is 0 Å². The molecule has 0 bridgehead atoms. The second kappa shape index (κ2) is 4.09. The maximum absolute atomic E-state index is 10.3. The van der Waals surface area contributed by atoms with Gasteiger partial charge in [0, 0.05) is 0 Å². The Hall–Kier alpha value is -0.887. The van der Waals surface area contributed by atoms with Gasteiger partial charge in [0.2, 0.25) is 0 Å². The third-order valence-electron chi connectivity index (χ3n) is 1.13. The van der Waals surface area contributed by atoms with Gasteiger partial charge >= 0.3 is 25.4 Å². The third-order valence-corrected chi connectivity index (χ3v) is 1.13. The van der Waals surface area contributed by atoms with Crippen LogP contribution in [0.15, 0.2) is 24.3 Å². The topological polar surface area (TPSA) is 57.5 Å². The Labute approximate surface area is 76.4 Å². The summed E-state index contributed by atoms with van der Waals surface area (Å²) >= 11 is 0. The molecule has 1 aromatic carbocycles. The van der Waals surface area contributed by atoms with Crippen LogP contribution in [0.3, 0.4) is 0 Å². The minimum absolute atomic E-state index is 0. The summed E-state index contributed by atoms with van der Waals surface area (Å²) in [6.07, 6.45) is 0. The van der Waals surface area contributed by atoms with Crippen molar-refractivity contribution < 1.29 is 34.5 Å². The molecule has 52 valence electrons. The van der Waals surface area contributed by atoms with Crippen LogP contribution in [-0.4, -0.2) is 16.2 Å². The summed E-state index contributed by atoms with van der Waals surface area (Å²) in [7, 11) is 0. The molecule has 0 saturated heterocycles. The zero-order valence-corrected chi connectivity index (χ0v) is 8.79. The number of carboxylic acids is 1. The van der Waals surface area contributed by atoms with E-state index in [0.29, 0.717) is 0 Å². The van der Waals surface area contributed by atoms with Crippen LogP contribution < -0.4 is 0 Å². The van der Waals surface area contributed by atoms with Crippen LogP contribution in [0.1, 0.15) is 10.4 Å². The van der Waals surface area contributed by atoms with Crippen molar-refractivity contribution in [2.75, 3.05) is 0 Å². The van der Waals surface area contributed by atoms with Crippen molar-refractivity contribution in [1.29, 1.82) is 0 Å². The molecule has 2 N–H and O–H groups in total. The van der Waals surface area contributed by atoms with Crippen LogP contribution in [0.2, 0.25) is 0 Å². The molecule has 0 atom stereocenters. The van der Waals surface area contributed by atoms with Crippen molar-refractivity contribution in [2.45, 2.75) is 0 Å². The molecule has 11 heavy (non-hydrogen) atoms.